The Labute approximate surface area is 121 Å². The lowest BCUT2D eigenvalue weighted by Gasteiger charge is -2.01. The van der Waals surface area contributed by atoms with Gasteiger partial charge in [-0.25, -0.2) is 9.50 Å². The molecule has 0 saturated carbocycles. The number of rotatable bonds is 3. The summed E-state index contributed by atoms with van der Waals surface area (Å²) in [7, 11) is 0. The molecule has 3 rings (SSSR count). The number of thiophene rings is 1. The summed E-state index contributed by atoms with van der Waals surface area (Å²) in [6, 6.07) is 3.94. The van der Waals surface area contributed by atoms with Gasteiger partial charge in [-0.05, 0) is 27.4 Å². The molecule has 19 heavy (non-hydrogen) atoms. The predicted octanol–water partition coefficient (Wildman–Crippen LogP) is 2.48. The zero-order valence-corrected chi connectivity index (χ0v) is 12.1. The Morgan fingerprint density at radius 3 is 3.16 bits per heavy atom. The fourth-order valence-corrected chi connectivity index (χ4v) is 2.63. The number of aromatic nitrogens is 3. The third-order valence-electron chi connectivity index (χ3n) is 2.57. The van der Waals surface area contributed by atoms with Crippen molar-refractivity contribution in [3.05, 3.63) is 51.0 Å². The number of nitrogens with one attached hydrogen (secondary N) is 1. The molecule has 0 unspecified atom stereocenters. The molecule has 0 aliphatic rings. The quantitative estimate of drug-likeness (QED) is 0.799. The summed E-state index contributed by atoms with van der Waals surface area (Å²) in [6.07, 6.45) is 4.93. The van der Waals surface area contributed by atoms with E-state index in [0.29, 0.717) is 17.8 Å². The van der Waals surface area contributed by atoms with Gasteiger partial charge in [-0.3, -0.25) is 4.79 Å². The van der Waals surface area contributed by atoms with Gasteiger partial charge < -0.3 is 5.32 Å². The summed E-state index contributed by atoms with van der Waals surface area (Å²) < 4.78 is 2.39. The van der Waals surface area contributed by atoms with E-state index in [9.17, 15) is 4.79 Å². The van der Waals surface area contributed by atoms with E-state index in [1.54, 1.807) is 28.2 Å². The highest BCUT2D eigenvalue weighted by Crippen LogP contribution is 2.13. The van der Waals surface area contributed by atoms with Crippen LogP contribution >= 0.6 is 27.3 Å². The molecule has 5 nitrogen and oxygen atoms in total. The number of hydrogen-bond donors (Lipinski definition) is 1. The Balaban J connectivity index is 1.81. The van der Waals surface area contributed by atoms with Crippen molar-refractivity contribution in [3.8, 4) is 0 Å². The number of halogens is 1. The van der Waals surface area contributed by atoms with Gasteiger partial charge in [-0.1, -0.05) is 6.07 Å². The van der Waals surface area contributed by atoms with Crippen LogP contribution < -0.4 is 5.32 Å². The lowest BCUT2D eigenvalue weighted by Crippen LogP contribution is -2.22. The summed E-state index contributed by atoms with van der Waals surface area (Å²) in [5.41, 5.74) is 1.02. The van der Waals surface area contributed by atoms with Crippen LogP contribution in [0.2, 0.25) is 0 Å². The highest BCUT2D eigenvalue weighted by Gasteiger charge is 2.13. The van der Waals surface area contributed by atoms with Crippen LogP contribution in [0.4, 0.5) is 0 Å². The zero-order valence-electron chi connectivity index (χ0n) is 9.71. The van der Waals surface area contributed by atoms with Gasteiger partial charge in [0.2, 0.25) is 0 Å². The molecule has 0 saturated heterocycles. The monoisotopic (exact) mass is 336 g/mol. The van der Waals surface area contributed by atoms with Crippen molar-refractivity contribution in [2.45, 2.75) is 6.54 Å². The lowest BCUT2D eigenvalue weighted by molar-refractivity contribution is 0.0952. The van der Waals surface area contributed by atoms with Gasteiger partial charge in [0.05, 0.1) is 17.2 Å². The second-order valence-electron chi connectivity index (χ2n) is 3.86. The summed E-state index contributed by atoms with van der Waals surface area (Å²) >= 11 is 4.92. The minimum atomic E-state index is -0.168. The molecule has 1 amide bonds. The first-order chi connectivity index (χ1) is 9.24. The summed E-state index contributed by atoms with van der Waals surface area (Å²) in [4.78, 5) is 17.4. The van der Waals surface area contributed by atoms with E-state index in [1.807, 2.05) is 17.5 Å². The molecule has 0 aromatic carbocycles. The molecule has 3 heterocycles. The first kappa shape index (κ1) is 12.3. The average molecular weight is 337 g/mol. The van der Waals surface area contributed by atoms with Gasteiger partial charge in [-0.2, -0.15) is 5.10 Å². The van der Waals surface area contributed by atoms with Gasteiger partial charge in [0.15, 0.2) is 5.65 Å². The van der Waals surface area contributed by atoms with Crippen molar-refractivity contribution in [2.75, 3.05) is 0 Å². The Bertz CT molecular complexity index is 722. The van der Waals surface area contributed by atoms with Gasteiger partial charge in [0.25, 0.3) is 5.91 Å². The van der Waals surface area contributed by atoms with Crippen LogP contribution in [-0.4, -0.2) is 20.5 Å². The molecule has 3 aromatic rings. The van der Waals surface area contributed by atoms with Crippen LogP contribution in [0.25, 0.3) is 5.65 Å². The van der Waals surface area contributed by atoms with Crippen LogP contribution in [0.15, 0.2) is 40.6 Å². The second kappa shape index (κ2) is 5.10. The lowest BCUT2D eigenvalue weighted by atomic mass is 10.3. The van der Waals surface area contributed by atoms with Crippen LogP contribution in [0.1, 0.15) is 15.2 Å². The number of hydrogen-bond acceptors (Lipinski definition) is 4. The maximum Gasteiger partial charge on any atom is 0.257 e. The first-order valence-corrected chi connectivity index (χ1v) is 7.21. The van der Waals surface area contributed by atoms with Crippen molar-refractivity contribution >= 4 is 38.8 Å². The van der Waals surface area contributed by atoms with Crippen LogP contribution in [0.3, 0.4) is 0 Å². The van der Waals surface area contributed by atoms with Gasteiger partial charge in [-0.15, -0.1) is 11.3 Å². The number of carbonyl (C=O) groups excluding carboxylic acids is 1. The normalized spacial score (nSPS) is 10.8. The topological polar surface area (TPSA) is 59.3 Å². The molecule has 7 heteroatoms. The predicted molar refractivity (Wildman–Crippen MR) is 76.2 cm³/mol. The largest absolute Gasteiger partial charge is 0.347 e. The Morgan fingerprint density at radius 1 is 1.47 bits per heavy atom. The van der Waals surface area contributed by atoms with E-state index in [1.165, 1.54) is 6.20 Å². The second-order valence-corrected chi connectivity index (χ2v) is 5.81. The van der Waals surface area contributed by atoms with E-state index in [4.69, 9.17) is 0 Å². The molecular weight excluding hydrogens is 328 g/mol. The molecule has 0 atom stereocenters. The summed E-state index contributed by atoms with van der Waals surface area (Å²) in [5, 5.41) is 8.95. The number of fused-ring (bicyclic) bond motifs is 1. The Hall–Kier alpha value is -1.73. The average Bonchev–Trinajstić information content (AvgIpc) is 3.04. The van der Waals surface area contributed by atoms with Crippen molar-refractivity contribution in [1.29, 1.82) is 0 Å². The number of nitrogens with zero attached hydrogens (tertiary/aromatic N) is 3. The molecule has 0 bridgehead atoms. The third-order valence-corrected chi connectivity index (χ3v) is 3.86. The minimum absolute atomic E-state index is 0.168. The van der Waals surface area contributed by atoms with Crippen molar-refractivity contribution in [1.82, 2.24) is 19.9 Å². The molecule has 0 aliphatic carbocycles. The smallest absolute Gasteiger partial charge is 0.257 e. The first-order valence-electron chi connectivity index (χ1n) is 5.53. The van der Waals surface area contributed by atoms with Crippen LogP contribution in [-0.2, 0) is 6.54 Å². The van der Waals surface area contributed by atoms with Crippen molar-refractivity contribution in [3.63, 3.8) is 0 Å². The Kier molecular flexibility index (Phi) is 3.31. The molecule has 1 N–H and O–H groups in total. The van der Waals surface area contributed by atoms with Gasteiger partial charge >= 0.3 is 0 Å². The fourth-order valence-electron chi connectivity index (χ4n) is 1.69. The van der Waals surface area contributed by atoms with E-state index < -0.39 is 0 Å². The SMILES string of the molecule is O=C(NCc1cccs1)c1cnn2cc(Br)cnc12. The zero-order chi connectivity index (χ0) is 13.2. The van der Waals surface area contributed by atoms with Crippen molar-refractivity contribution in [2.24, 2.45) is 0 Å². The van der Waals surface area contributed by atoms with Crippen LogP contribution in [0.5, 0.6) is 0 Å². The number of carbonyl (C=O) groups is 1. The molecular formula is C12H9BrN4OS. The maximum atomic E-state index is 12.1. The van der Waals surface area contributed by atoms with Crippen LogP contribution in [0, 0.1) is 0 Å². The minimum Gasteiger partial charge on any atom is -0.347 e. The molecule has 0 radical (unpaired) electrons. The van der Waals surface area contributed by atoms with Crippen molar-refractivity contribution < 1.29 is 4.79 Å². The third kappa shape index (κ3) is 2.52. The van der Waals surface area contributed by atoms with E-state index in [2.05, 4.69) is 31.3 Å². The van der Waals surface area contributed by atoms with E-state index in [0.717, 1.165) is 9.35 Å². The van der Waals surface area contributed by atoms with Gasteiger partial charge in [0, 0.05) is 17.3 Å². The Morgan fingerprint density at radius 2 is 2.37 bits per heavy atom. The molecule has 0 fully saturated rings. The molecule has 96 valence electrons. The molecule has 3 aromatic heterocycles. The summed E-state index contributed by atoms with van der Waals surface area (Å²) in [5.74, 6) is -0.168. The highest BCUT2D eigenvalue weighted by atomic mass is 79.9. The maximum absolute atomic E-state index is 12.1. The fraction of sp³-hybridized carbons (Fsp3) is 0.0833. The van der Waals surface area contributed by atoms with Gasteiger partial charge in [0.1, 0.15) is 5.56 Å². The summed E-state index contributed by atoms with van der Waals surface area (Å²) in [6.45, 7) is 0.518. The highest BCUT2D eigenvalue weighted by molar-refractivity contribution is 9.10. The number of amides is 1. The molecule has 0 aliphatic heterocycles. The molecule has 0 spiro atoms. The van der Waals surface area contributed by atoms with E-state index in [-0.39, 0.29) is 5.91 Å². The standard InChI is InChI=1S/C12H9BrN4OS/c13-8-4-14-11-10(6-16-17(11)7-8)12(18)15-5-9-2-1-3-19-9/h1-4,6-7H,5H2,(H,15,18). The van der Waals surface area contributed by atoms with E-state index >= 15 is 0 Å².